The van der Waals surface area contributed by atoms with Crippen LogP contribution in [0, 0.1) is 5.41 Å². The molecule has 0 saturated carbocycles. The number of carbonyl (C=O) groups is 1. The molecule has 0 aromatic carbocycles. The Morgan fingerprint density at radius 3 is 2.42 bits per heavy atom. The van der Waals surface area contributed by atoms with Crippen LogP contribution < -0.4 is 5.73 Å². The molecule has 6 nitrogen and oxygen atoms in total. The zero-order chi connectivity index (χ0) is 14.0. The van der Waals surface area contributed by atoms with Gasteiger partial charge in [-0.15, -0.1) is 12.4 Å². The van der Waals surface area contributed by atoms with E-state index >= 15 is 0 Å². The molecule has 8 heteroatoms. The molecule has 0 atom stereocenters. The second-order valence-electron chi connectivity index (χ2n) is 5.62. The van der Waals surface area contributed by atoms with Crippen molar-refractivity contribution in [1.29, 1.82) is 0 Å². The van der Waals surface area contributed by atoms with E-state index in [1.807, 2.05) is 13.8 Å². The lowest BCUT2D eigenvalue weighted by Crippen LogP contribution is -2.44. The number of sulfonamides is 1. The van der Waals surface area contributed by atoms with E-state index in [1.165, 1.54) is 4.31 Å². The SMILES string of the molecule is CN(CC(C)(C)CN)C(=O)CN1CCCS1(=O)=O.Cl. The molecule has 114 valence electrons. The van der Waals surface area contributed by atoms with Gasteiger partial charge in [0.1, 0.15) is 0 Å². The number of amides is 1. The topological polar surface area (TPSA) is 83.7 Å². The Morgan fingerprint density at radius 2 is 2.00 bits per heavy atom. The third-order valence-electron chi connectivity index (χ3n) is 3.16. The normalized spacial score (nSPS) is 18.9. The zero-order valence-electron chi connectivity index (χ0n) is 11.8. The highest BCUT2D eigenvalue weighted by atomic mass is 35.5. The first-order valence-corrected chi connectivity index (χ1v) is 7.71. The summed E-state index contributed by atoms with van der Waals surface area (Å²) in [5, 5.41) is 0. The summed E-state index contributed by atoms with van der Waals surface area (Å²) in [6.45, 7) is 5.34. The van der Waals surface area contributed by atoms with Crippen molar-refractivity contribution in [1.82, 2.24) is 9.21 Å². The van der Waals surface area contributed by atoms with Crippen LogP contribution in [-0.4, -0.2) is 62.5 Å². The van der Waals surface area contributed by atoms with Gasteiger partial charge in [0.15, 0.2) is 0 Å². The molecule has 1 saturated heterocycles. The molecule has 1 heterocycles. The third-order valence-corrected chi connectivity index (χ3v) is 5.06. The van der Waals surface area contributed by atoms with Crippen LogP contribution in [0.3, 0.4) is 0 Å². The minimum atomic E-state index is -3.20. The molecule has 0 aromatic rings. The molecule has 1 amide bonds. The summed E-state index contributed by atoms with van der Waals surface area (Å²) >= 11 is 0. The predicted octanol–water partition coefficient (Wildman–Crippen LogP) is -0.113. The number of carbonyl (C=O) groups excluding carboxylic acids is 1. The maximum Gasteiger partial charge on any atom is 0.237 e. The van der Waals surface area contributed by atoms with E-state index in [-0.39, 0.29) is 36.0 Å². The van der Waals surface area contributed by atoms with Gasteiger partial charge in [-0.2, -0.15) is 4.31 Å². The molecule has 19 heavy (non-hydrogen) atoms. The second kappa shape index (κ2) is 6.88. The average Bonchev–Trinajstić information content (AvgIpc) is 2.57. The number of hydrogen-bond donors (Lipinski definition) is 1. The Kier molecular flexibility index (Phi) is 6.74. The fraction of sp³-hybridized carbons (Fsp3) is 0.909. The van der Waals surface area contributed by atoms with Gasteiger partial charge in [-0.3, -0.25) is 4.79 Å². The molecule has 0 spiro atoms. The van der Waals surface area contributed by atoms with Crippen LogP contribution in [0.15, 0.2) is 0 Å². The van der Waals surface area contributed by atoms with E-state index in [0.29, 0.717) is 26.1 Å². The first kappa shape index (κ1) is 18.6. The molecule has 0 bridgehead atoms. The molecule has 0 aliphatic carbocycles. The minimum Gasteiger partial charge on any atom is -0.344 e. The smallest absolute Gasteiger partial charge is 0.237 e. The van der Waals surface area contributed by atoms with Crippen molar-refractivity contribution in [2.45, 2.75) is 20.3 Å². The number of hydrogen-bond acceptors (Lipinski definition) is 4. The average molecular weight is 314 g/mol. The van der Waals surface area contributed by atoms with Crippen molar-refractivity contribution in [3.05, 3.63) is 0 Å². The van der Waals surface area contributed by atoms with Gasteiger partial charge in [0.05, 0.1) is 12.3 Å². The first-order valence-electron chi connectivity index (χ1n) is 6.10. The molecule has 1 fully saturated rings. The van der Waals surface area contributed by atoms with Crippen LogP contribution in [0.1, 0.15) is 20.3 Å². The maximum atomic E-state index is 12.0. The summed E-state index contributed by atoms with van der Waals surface area (Å²) < 4.78 is 24.5. The summed E-state index contributed by atoms with van der Waals surface area (Å²) in [5.41, 5.74) is 5.46. The van der Waals surface area contributed by atoms with Gasteiger partial charge in [0, 0.05) is 20.1 Å². The first-order chi connectivity index (χ1) is 8.18. The Morgan fingerprint density at radius 1 is 1.42 bits per heavy atom. The van der Waals surface area contributed by atoms with Gasteiger partial charge in [0.2, 0.25) is 15.9 Å². The molecule has 0 unspecified atom stereocenters. The van der Waals surface area contributed by atoms with Gasteiger partial charge in [-0.05, 0) is 18.4 Å². The lowest BCUT2D eigenvalue weighted by Gasteiger charge is -2.29. The lowest BCUT2D eigenvalue weighted by atomic mass is 9.93. The van der Waals surface area contributed by atoms with Gasteiger partial charge in [-0.25, -0.2) is 8.42 Å². The zero-order valence-corrected chi connectivity index (χ0v) is 13.4. The van der Waals surface area contributed by atoms with Crippen molar-refractivity contribution < 1.29 is 13.2 Å². The van der Waals surface area contributed by atoms with Gasteiger partial charge in [0.25, 0.3) is 0 Å². The largest absolute Gasteiger partial charge is 0.344 e. The highest BCUT2D eigenvalue weighted by Crippen LogP contribution is 2.16. The van der Waals surface area contributed by atoms with Crippen molar-refractivity contribution in [3.8, 4) is 0 Å². The Balaban J connectivity index is 0.00000324. The van der Waals surface area contributed by atoms with Crippen molar-refractivity contribution in [3.63, 3.8) is 0 Å². The quantitative estimate of drug-likeness (QED) is 0.767. The molecular formula is C11H24ClN3O3S. The standard InChI is InChI=1S/C11H23N3O3S.ClH/c1-11(2,8-12)9-13(3)10(15)7-14-5-4-6-18(14,16)17;/h4-9,12H2,1-3H3;1H. The summed E-state index contributed by atoms with van der Waals surface area (Å²) in [7, 11) is -1.52. The number of likely N-dealkylation sites (N-methyl/N-ethyl adjacent to an activating group) is 1. The van der Waals surface area contributed by atoms with E-state index in [1.54, 1.807) is 11.9 Å². The van der Waals surface area contributed by atoms with Gasteiger partial charge < -0.3 is 10.6 Å². The second-order valence-corrected chi connectivity index (χ2v) is 7.71. The molecular weight excluding hydrogens is 290 g/mol. The summed E-state index contributed by atoms with van der Waals surface area (Å²) in [6, 6.07) is 0. The van der Waals surface area contributed by atoms with Crippen LogP contribution >= 0.6 is 12.4 Å². The molecule has 1 aliphatic heterocycles. The molecule has 0 aromatic heterocycles. The summed E-state index contributed by atoms with van der Waals surface area (Å²) in [4.78, 5) is 13.5. The summed E-state index contributed by atoms with van der Waals surface area (Å²) in [6.07, 6.45) is 0.605. The van der Waals surface area contributed by atoms with Gasteiger partial charge in [-0.1, -0.05) is 13.8 Å². The van der Waals surface area contributed by atoms with Gasteiger partial charge >= 0.3 is 0 Å². The molecule has 2 N–H and O–H groups in total. The fourth-order valence-electron chi connectivity index (χ4n) is 1.94. The van der Waals surface area contributed by atoms with Crippen LogP contribution in [0.4, 0.5) is 0 Å². The molecule has 1 rings (SSSR count). The van der Waals surface area contributed by atoms with Crippen molar-refractivity contribution in [2.24, 2.45) is 11.1 Å². The highest BCUT2D eigenvalue weighted by molar-refractivity contribution is 7.89. The fourth-order valence-corrected chi connectivity index (χ4v) is 3.40. The number of halogens is 1. The van der Waals surface area contributed by atoms with Crippen LogP contribution in [0.25, 0.3) is 0 Å². The van der Waals surface area contributed by atoms with Crippen molar-refractivity contribution in [2.75, 3.05) is 39.0 Å². The molecule has 0 radical (unpaired) electrons. The monoisotopic (exact) mass is 313 g/mol. The Hall–Kier alpha value is -0.370. The van der Waals surface area contributed by atoms with E-state index in [0.717, 1.165) is 0 Å². The molecule has 1 aliphatic rings. The van der Waals surface area contributed by atoms with E-state index in [9.17, 15) is 13.2 Å². The van der Waals surface area contributed by atoms with E-state index in [2.05, 4.69) is 0 Å². The Bertz CT molecular complexity index is 411. The van der Waals surface area contributed by atoms with E-state index in [4.69, 9.17) is 5.73 Å². The summed E-state index contributed by atoms with van der Waals surface area (Å²) in [5.74, 6) is -0.0276. The lowest BCUT2D eigenvalue weighted by molar-refractivity contribution is -0.131. The van der Waals surface area contributed by atoms with Crippen LogP contribution in [0.2, 0.25) is 0 Å². The Labute approximate surface area is 121 Å². The van der Waals surface area contributed by atoms with Crippen LogP contribution in [-0.2, 0) is 14.8 Å². The van der Waals surface area contributed by atoms with Crippen LogP contribution in [0.5, 0.6) is 0 Å². The third kappa shape index (κ3) is 5.25. The van der Waals surface area contributed by atoms with E-state index < -0.39 is 10.0 Å². The minimum absolute atomic E-state index is 0. The van der Waals surface area contributed by atoms with Crippen molar-refractivity contribution >= 4 is 28.3 Å². The maximum absolute atomic E-state index is 12.0. The predicted molar refractivity (Wildman–Crippen MR) is 77.7 cm³/mol. The highest BCUT2D eigenvalue weighted by Gasteiger charge is 2.31. The number of nitrogens with two attached hydrogens (primary N) is 1. The number of nitrogens with zero attached hydrogens (tertiary/aromatic N) is 2. The number of rotatable bonds is 5.